The van der Waals surface area contributed by atoms with Gasteiger partial charge in [0.1, 0.15) is 6.10 Å². The molecular formula is C20H32O4. The lowest BCUT2D eigenvalue weighted by Crippen LogP contribution is -2.06. The molecule has 0 radical (unpaired) electrons. The molecule has 0 aliphatic heterocycles. The van der Waals surface area contributed by atoms with Gasteiger partial charge < -0.3 is 5.11 Å². The molecule has 0 fully saturated rings. The van der Waals surface area contributed by atoms with E-state index < -0.39 is 5.97 Å². The topological polar surface area (TPSA) is 66.8 Å². The molecule has 0 heterocycles. The van der Waals surface area contributed by atoms with E-state index in [1.54, 1.807) is 0 Å². The van der Waals surface area contributed by atoms with Gasteiger partial charge >= 0.3 is 5.97 Å². The summed E-state index contributed by atoms with van der Waals surface area (Å²) in [5, 5.41) is 17.3. The highest BCUT2D eigenvalue weighted by molar-refractivity contribution is 5.66. The molecule has 0 spiro atoms. The van der Waals surface area contributed by atoms with Crippen LogP contribution in [0.2, 0.25) is 0 Å². The fraction of sp³-hybridized carbons (Fsp3) is 0.550. The van der Waals surface area contributed by atoms with Gasteiger partial charge in [0.2, 0.25) is 0 Å². The van der Waals surface area contributed by atoms with Crippen molar-refractivity contribution in [3.63, 3.8) is 0 Å². The van der Waals surface area contributed by atoms with Crippen LogP contribution in [-0.2, 0) is 9.68 Å². The van der Waals surface area contributed by atoms with Crippen LogP contribution in [0.1, 0.15) is 64.7 Å². The van der Waals surface area contributed by atoms with Crippen LogP contribution in [-0.4, -0.2) is 22.4 Å². The van der Waals surface area contributed by atoms with Crippen LogP contribution < -0.4 is 0 Å². The Bertz CT molecular complexity index is 408. The summed E-state index contributed by atoms with van der Waals surface area (Å²) in [7, 11) is 0. The first-order chi connectivity index (χ1) is 11.7. The number of unbranched alkanes of at least 4 members (excludes halogenated alkanes) is 3. The van der Waals surface area contributed by atoms with E-state index in [9.17, 15) is 4.79 Å². The van der Waals surface area contributed by atoms with Crippen molar-refractivity contribution in [3.05, 3.63) is 48.6 Å². The Morgan fingerprint density at radius 1 is 1.00 bits per heavy atom. The van der Waals surface area contributed by atoms with Crippen molar-refractivity contribution in [2.45, 2.75) is 70.8 Å². The van der Waals surface area contributed by atoms with Crippen molar-refractivity contribution < 1.29 is 20.0 Å². The number of hydrogen-bond donors (Lipinski definition) is 2. The number of aliphatic carboxylic acids is 1. The number of carboxylic acid groups (broad SMARTS) is 1. The van der Waals surface area contributed by atoms with Gasteiger partial charge in [0.15, 0.2) is 0 Å². The van der Waals surface area contributed by atoms with Gasteiger partial charge in [0, 0.05) is 6.42 Å². The summed E-state index contributed by atoms with van der Waals surface area (Å²) >= 11 is 0. The maximum Gasteiger partial charge on any atom is 0.303 e. The minimum absolute atomic E-state index is 0.219. The first-order valence-corrected chi connectivity index (χ1v) is 8.86. The normalized spacial score (nSPS) is 13.8. The first-order valence-electron chi connectivity index (χ1n) is 8.86. The fourth-order valence-corrected chi connectivity index (χ4v) is 2.06. The Morgan fingerprint density at radius 2 is 1.71 bits per heavy atom. The zero-order valence-corrected chi connectivity index (χ0v) is 14.8. The lowest BCUT2D eigenvalue weighted by Gasteiger charge is -2.07. The maximum absolute atomic E-state index is 10.3. The third-order valence-electron chi connectivity index (χ3n) is 3.44. The van der Waals surface area contributed by atoms with E-state index in [-0.39, 0.29) is 12.5 Å². The number of hydrogen-bond acceptors (Lipinski definition) is 3. The van der Waals surface area contributed by atoms with Gasteiger partial charge in [-0.3, -0.25) is 10.1 Å². The zero-order valence-electron chi connectivity index (χ0n) is 14.8. The maximum atomic E-state index is 10.3. The summed E-state index contributed by atoms with van der Waals surface area (Å²) in [6.07, 6.45) is 23.5. The van der Waals surface area contributed by atoms with E-state index in [4.69, 9.17) is 10.4 Å². The SMILES string of the molecule is CCCCC[C@@H](/C=C/C=C/C/C=C/C/C=C\CCCC(=O)O)OO. The van der Waals surface area contributed by atoms with Gasteiger partial charge in [-0.15, -0.1) is 0 Å². The molecule has 4 heteroatoms. The van der Waals surface area contributed by atoms with Crippen LogP contribution in [0.4, 0.5) is 0 Å². The second-order valence-corrected chi connectivity index (χ2v) is 5.65. The highest BCUT2D eigenvalue weighted by Gasteiger charge is 2.02. The predicted molar refractivity (Wildman–Crippen MR) is 98.9 cm³/mol. The largest absolute Gasteiger partial charge is 0.481 e. The monoisotopic (exact) mass is 336 g/mol. The number of carbonyl (C=O) groups is 1. The lowest BCUT2D eigenvalue weighted by atomic mass is 10.1. The summed E-state index contributed by atoms with van der Waals surface area (Å²) < 4.78 is 0. The Morgan fingerprint density at radius 3 is 2.38 bits per heavy atom. The molecule has 4 nitrogen and oxygen atoms in total. The summed E-state index contributed by atoms with van der Waals surface area (Å²) in [5.74, 6) is -0.734. The van der Waals surface area contributed by atoms with Crippen LogP contribution in [0.25, 0.3) is 0 Å². The molecule has 0 saturated heterocycles. The summed E-state index contributed by atoms with van der Waals surface area (Å²) in [4.78, 5) is 14.8. The molecule has 24 heavy (non-hydrogen) atoms. The standard InChI is InChI=1S/C20H32O4/c1-2-3-13-16-19(24-23)17-14-11-9-7-5-4-6-8-10-12-15-18-20(21)22/h4-5,8-11,14,17,19,23H,2-3,6-7,12-13,15-16,18H2,1H3,(H,21,22)/b5-4+,10-8-,11-9+,17-14+/t19-/m0/s1. The molecule has 0 amide bonds. The van der Waals surface area contributed by atoms with E-state index >= 15 is 0 Å². The van der Waals surface area contributed by atoms with Crippen LogP contribution >= 0.6 is 0 Å². The Balaban J connectivity index is 3.70. The van der Waals surface area contributed by atoms with Crippen molar-refractivity contribution >= 4 is 5.97 Å². The molecular weight excluding hydrogens is 304 g/mol. The van der Waals surface area contributed by atoms with Gasteiger partial charge in [0.25, 0.3) is 0 Å². The zero-order chi connectivity index (χ0) is 17.9. The lowest BCUT2D eigenvalue weighted by molar-refractivity contribution is -0.267. The molecule has 0 rings (SSSR count). The van der Waals surface area contributed by atoms with Crippen LogP contribution in [0.3, 0.4) is 0 Å². The molecule has 0 aliphatic rings. The Hall–Kier alpha value is -1.65. The van der Waals surface area contributed by atoms with Crippen molar-refractivity contribution in [3.8, 4) is 0 Å². The van der Waals surface area contributed by atoms with Crippen LogP contribution in [0.5, 0.6) is 0 Å². The third-order valence-corrected chi connectivity index (χ3v) is 3.44. The molecule has 0 aliphatic carbocycles. The van der Waals surface area contributed by atoms with Crippen LogP contribution in [0.15, 0.2) is 48.6 Å². The number of allylic oxidation sites excluding steroid dienone is 7. The summed E-state index contributed by atoms with van der Waals surface area (Å²) in [6.45, 7) is 2.15. The molecule has 0 aromatic carbocycles. The van der Waals surface area contributed by atoms with Crippen molar-refractivity contribution in [1.29, 1.82) is 0 Å². The van der Waals surface area contributed by atoms with E-state index in [1.165, 1.54) is 0 Å². The first kappa shape index (κ1) is 22.4. The Kier molecular flexibility index (Phi) is 16.5. The molecule has 1 atom stereocenters. The second kappa shape index (κ2) is 17.7. The van der Waals surface area contributed by atoms with E-state index in [1.807, 2.05) is 30.4 Å². The van der Waals surface area contributed by atoms with Gasteiger partial charge in [-0.25, -0.2) is 4.89 Å². The molecule has 0 aromatic rings. The van der Waals surface area contributed by atoms with Crippen LogP contribution in [0, 0.1) is 0 Å². The molecule has 0 aromatic heterocycles. The smallest absolute Gasteiger partial charge is 0.303 e. The molecule has 0 bridgehead atoms. The summed E-state index contributed by atoms with van der Waals surface area (Å²) in [6, 6.07) is 0. The third kappa shape index (κ3) is 16.7. The van der Waals surface area contributed by atoms with Crippen molar-refractivity contribution in [2.75, 3.05) is 0 Å². The minimum atomic E-state index is -0.734. The highest BCUT2D eigenvalue weighted by atomic mass is 17.1. The van der Waals surface area contributed by atoms with Gasteiger partial charge in [0.05, 0.1) is 0 Å². The van der Waals surface area contributed by atoms with Gasteiger partial charge in [-0.2, -0.15) is 0 Å². The summed E-state index contributed by atoms with van der Waals surface area (Å²) in [5.41, 5.74) is 0. The predicted octanol–water partition coefficient (Wildman–Crippen LogP) is 5.68. The average molecular weight is 336 g/mol. The minimum Gasteiger partial charge on any atom is -0.481 e. The van der Waals surface area contributed by atoms with Gasteiger partial charge in [-0.05, 0) is 32.1 Å². The fourth-order valence-electron chi connectivity index (χ4n) is 2.06. The molecule has 0 unspecified atom stereocenters. The molecule has 2 N–H and O–H groups in total. The molecule has 0 saturated carbocycles. The molecule has 136 valence electrons. The van der Waals surface area contributed by atoms with E-state index in [0.717, 1.165) is 44.9 Å². The second-order valence-electron chi connectivity index (χ2n) is 5.65. The number of rotatable bonds is 15. The quantitative estimate of drug-likeness (QED) is 0.133. The van der Waals surface area contributed by atoms with E-state index in [0.29, 0.717) is 6.42 Å². The van der Waals surface area contributed by atoms with Crippen molar-refractivity contribution in [2.24, 2.45) is 0 Å². The van der Waals surface area contributed by atoms with Crippen molar-refractivity contribution in [1.82, 2.24) is 0 Å². The highest BCUT2D eigenvalue weighted by Crippen LogP contribution is 2.07. The Labute approximate surface area is 146 Å². The van der Waals surface area contributed by atoms with Gasteiger partial charge in [-0.1, -0.05) is 74.8 Å². The number of carboxylic acids is 1. The average Bonchev–Trinajstić information content (AvgIpc) is 2.57. The van der Waals surface area contributed by atoms with E-state index in [2.05, 4.69) is 30.0 Å².